The van der Waals surface area contributed by atoms with Crippen molar-refractivity contribution in [2.45, 2.75) is 179 Å². The molecule has 1 unspecified atom stereocenters. The molecule has 28 heteroatoms. The fraction of sp³-hybridized carbons (Fsp3) is 0.458. The number of aliphatic hydroxyl groups excluding tert-OH is 1. The lowest BCUT2D eigenvalue weighted by Crippen LogP contribution is -2.23. The number of hydrogen-bond donors (Lipinski definition) is 3. The van der Waals surface area contributed by atoms with E-state index in [1.807, 2.05) is 101 Å². The summed E-state index contributed by atoms with van der Waals surface area (Å²) >= 11 is 3.29. The topological polar surface area (TPSA) is 384 Å². The molecule has 0 aromatic heterocycles. The van der Waals surface area contributed by atoms with E-state index in [4.69, 9.17) is 39.0 Å². The zero-order valence-electron chi connectivity index (χ0n) is 68.5. The number of rotatable bonds is 35. The van der Waals surface area contributed by atoms with E-state index in [0.717, 1.165) is 18.4 Å². The van der Waals surface area contributed by atoms with Gasteiger partial charge in [-0.25, -0.2) is 43.2 Å². The van der Waals surface area contributed by atoms with Crippen molar-refractivity contribution in [3.05, 3.63) is 188 Å². The van der Waals surface area contributed by atoms with Crippen LogP contribution in [-0.2, 0) is 121 Å². The normalized spacial score (nSPS) is 9.69. The summed E-state index contributed by atoms with van der Waals surface area (Å²) in [7, 11) is 1.33. The summed E-state index contributed by atoms with van der Waals surface area (Å²) in [6.07, 6.45) is 5.75. The van der Waals surface area contributed by atoms with Gasteiger partial charge in [-0.05, 0) is 127 Å². The fourth-order valence-electron chi connectivity index (χ4n) is 5.35. The molecule has 1 atom stereocenters. The zero-order chi connectivity index (χ0) is 88.0. The lowest BCUT2D eigenvalue weighted by molar-refractivity contribution is -0.151. The molecule has 0 spiro atoms. The zero-order valence-corrected chi connectivity index (χ0v) is 70.1. The number of carboxylic acids is 2. The summed E-state index contributed by atoms with van der Waals surface area (Å²) in [5.41, 5.74) is 5.00. The first kappa shape index (κ1) is 116. The highest BCUT2D eigenvalue weighted by Gasteiger charge is 2.17. The van der Waals surface area contributed by atoms with Gasteiger partial charge in [0.05, 0.1) is 39.8 Å². The molecular formula is C83H123BrO27. The van der Waals surface area contributed by atoms with Crippen molar-refractivity contribution >= 4 is 99.4 Å². The van der Waals surface area contributed by atoms with Crippen molar-refractivity contribution in [1.82, 2.24) is 0 Å². The van der Waals surface area contributed by atoms with Crippen LogP contribution in [0.2, 0.25) is 0 Å². The van der Waals surface area contributed by atoms with Gasteiger partial charge in [-0.1, -0.05) is 182 Å². The molecule has 0 heterocycles. The minimum absolute atomic E-state index is 0.0324. The second-order valence-corrected chi connectivity index (χ2v) is 26.6. The van der Waals surface area contributed by atoms with Crippen molar-refractivity contribution in [2.24, 2.45) is 5.92 Å². The summed E-state index contributed by atoms with van der Waals surface area (Å²) in [5.74, 6) is -6.20. The van der Waals surface area contributed by atoms with Crippen molar-refractivity contribution in [1.29, 1.82) is 0 Å². The first-order valence-corrected chi connectivity index (χ1v) is 35.2. The highest BCUT2D eigenvalue weighted by molar-refractivity contribution is 9.10. The van der Waals surface area contributed by atoms with E-state index in [-0.39, 0.29) is 122 Å². The summed E-state index contributed by atoms with van der Waals surface area (Å²) in [5, 5.41) is 24.4. The number of ether oxygens (including phenoxy) is 11. The van der Waals surface area contributed by atoms with Crippen LogP contribution in [0.15, 0.2) is 177 Å². The maximum atomic E-state index is 11.1. The number of carbonyl (C=O) groups excluding carboxylic acids is 11. The molecule has 0 fully saturated rings. The molecule has 0 amide bonds. The summed E-state index contributed by atoms with van der Waals surface area (Å²) < 4.78 is 52.0. The van der Waals surface area contributed by atoms with Crippen LogP contribution < -0.4 is 0 Å². The third kappa shape index (κ3) is 91.9. The number of alkyl halides is 1. The molecule has 111 heavy (non-hydrogen) atoms. The first-order valence-electron chi connectivity index (χ1n) is 34.4. The Morgan fingerprint density at radius 1 is 0.459 bits per heavy atom. The number of hydrogen-bond acceptors (Lipinski definition) is 25. The van der Waals surface area contributed by atoms with E-state index in [0.29, 0.717) is 59.2 Å². The number of carbonyl (C=O) groups is 13. The van der Waals surface area contributed by atoms with E-state index in [9.17, 15) is 62.3 Å². The van der Waals surface area contributed by atoms with Gasteiger partial charge in [0.1, 0.15) is 68.6 Å². The van der Waals surface area contributed by atoms with Gasteiger partial charge in [0.25, 0.3) is 0 Å². The van der Waals surface area contributed by atoms with E-state index in [1.165, 1.54) is 53.2 Å². The summed E-state index contributed by atoms with van der Waals surface area (Å²) in [6, 6.07) is 19.6. The molecule has 0 radical (unpaired) electrons. The first-order chi connectivity index (χ1) is 51.3. The van der Waals surface area contributed by atoms with Crippen LogP contribution in [0.25, 0.3) is 6.08 Å². The number of methoxy groups -OCH3 is 1. The van der Waals surface area contributed by atoms with Gasteiger partial charge in [0, 0.05) is 50.2 Å². The number of unbranched alkanes of at least 4 members (excludes halogenated alkanes) is 1. The van der Waals surface area contributed by atoms with Gasteiger partial charge in [-0.2, -0.15) is 0 Å². The third-order valence-electron chi connectivity index (χ3n) is 11.2. The van der Waals surface area contributed by atoms with Crippen molar-refractivity contribution in [3.8, 4) is 0 Å². The van der Waals surface area contributed by atoms with Crippen LogP contribution in [-0.4, -0.2) is 169 Å². The quantitative estimate of drug-likeness (QED) is 0.0144. The fourth-order valence-corrected chi connectivity index (χ4v) is 5.52. The van der Waals surface area contributed by atoms with E-state index in [2.05, 4.69) is 124 Å². The molecule has 2 aromatic rings. The maximum Gasteiger partial charge on any atom is 0.333 e. The Hall–Kier alpha value is -10.5. The predicted octanol–water partition coefficient (Wildman–Crippen LogP) is 14.7. The third-order valence-corrected chi connectivity index (χ3v) is 11.4. The molecule has 0 saturated heterocycles. The molecule has 2 aromatic carbocycles. The highest BCUT2D eigenvalue weighted by Crippen LogP contribution is 2.17. The van der Waals surface area contributed by atoms with Crippen LogP contribution >= 0.6 is 15.9 Å². The van der Waals surface area contributed by atoms with Gasteiger partial charge in [-0.15, -0.1) is 0 Å². The number of carboxylic acid groups (broad SMARTS) is 2. The second kappa shape index (κ2) is 72.4. The van der Waals surface area contributed by atoms with Crippen LogP contribution in [0.3, 0.4) is 0 Å². The lowest BCUT2D eigenvalue weighted by Gasteiger charge is -2.19. The molecule has 27 nitrogen and oxygen atoms in total. The van der Waals surface area contributed by atoms with Crippen LogP contribution in [0, 0.1) is 5.92 Å². The van der Waals surface area contributed by atoms with Gasteiger partial charge in [0.2, 0.25) is 0 Å². The maximum absolute atomic E-state index is 11.1. The molecule has 2 rings (SSSR count). The molecule has 0 aliphatic carbocycles. The molecular weight excluding hydrogens is 1510 g/mol. The molecule has 624 valence electrons. The molecule has 0 bridgehead atoms. The summed E-state index contributed by atoms with van der Waals surface area (Å²) in [4.78, 5) is 138. The number of aliphatic carboxylic acids is 2. The molecule has 3 N–H and O–H groups in total. The minimum Gasteiger partial charge on any atom is -0.481 e. The minimum atomic E-state index is -1.06. The number of aliphatic hydroxyl groups is 1. The van der Waals surface area contributed by atoms with Crippen molar-refractivity contribution in [2.75, 3.05) is 66.6 Å². The van der Waals surface area contributed by atoms with Gasteiger partial charge < -0.3 is 67.4 Å². The Bertz CT molecular complexity index is 3260. The van der Waals surface area contributed by atoms with Gasteiger partial charge in [-0.3, -0.25) is 19.2 Å². The largest absolute Gasteiger partial charge is 0.481 e. The second-order valence-electron chi connectivity index (χ2n) is 24.7. The summed E-state index contributed by atoms with van der Waals surface area (Å²) in [6.45, 7) is 64.3. The van der Waals surface area contributed by atoms with Gasteiger partial charge in [0.15, 0.2) is 0 Å². The molecule has 0 aliphatic heterocycles. The van der Waals surface area contributed by atoms with E-state index in [1.54, 1.807) is 41.5 Å². The van der Waals surface area contributed by atoms with Crippen molar-refractivity contribution in [3.63, 3.8) is 0 Å². The van der Waals surface area contributed by atoms with Gasteiger partial charge >= 0.3 is 71.6 Å². The highest BCUT2D eigenvalue weighted by atomic mass is 79.9. The SMILES string of the molecule is C=C(C)C(=O)O.C=C(C)C(=O)OC.C=C(C)C(=O)OC(C)(C)C.C=C(C)C(=O)OCC(CC)CCCC.C=C(C)C(=O)OCCO.C=C(C)C(=O)OCCOC(=O)CC(C)=O.C=C(C)C(=O)OCCOC(=O)CCC(=O)O.C=C(C)C(=O)OCCOC(C)(C)Br.C=C(C)C(=O)OCc1ccccc1.C=Cc1ccccc1. The van der Waals surface area contributed by atoms with Crippen LogP contribution in [0.5, 0.6) is 0 Å². The average Bonchev–Trinajstić information content (AvgIpc) is 0.930. The van der Waals surface area contributed by atoms with E-state index >= 15 is 0 Å². The number of benzene rings is 2. The average molecular weight is 1630 g/mol. The standard InChI is InChI=1S/C12H22O2.C11H12O2.C10H14O6.C10H14O5.C9H15BrO3.C8H14O2.C8H8.C6H10O3.C5H8O2.C4H6O2/c1-5-7-8-11(6-2)9-14-12(13)10(3)4;1-9(2)11(12)13-8-10-6-4-3-5-7-10;1-7(2)10(14)16-6-5-15-9(13)4-3-8(11)12;1-7(2)10(13)15-5-4-14-9(12)6-8(3)11;1-7(2)8(11)12-5-6-13-9(3,4)10;1-6(2)7(9)10-8(3,4)5;1-2-8-6-4-3-5-7-8;1-5(2)6(8)9-4-3-7;1-4(2)5(6)7-3;1-3(2)4(5)6/h11H,3,5-9H2,1-2,4H3;3-7H,1,8H2,2H3;1,3-6H2,2H3,(H,11,12);1,4-6H2,2-3H3;1,5-6H2,2-4H3;1H2,2-5H3;2-7H,1H2;7H,1,3-4H2,2H3;1H2,2-3H3;1H2,2H3,(H,5,6). The van der Waals surface area contributed by atoms with Crippen LogP contribution in [0.1, 0.15) is 174 Å². The Labute approximate surface area is 665 Å². The monoisotopic (exact) mass is 1630 g/mol. The molecule has 0 saturated carbocycles. The predicted molar refractivity (Wildman–Crippen MR) is 430 cm³/mol. The lowest BCUT2D eigenvalue weighted by atomic mass is 10.0. The number of ketones is 1. The number of Topliss-reactive ketones (excluding diaryl/α,β-unsaturated/α-hetero) is 1. The molecule has 0 aliphatic rings. The Morgan fingerprint density at radius 2 is 0.811 bits per heavy atom. The van der Waals surface area contributed by atoms with Crippen molar-refractivity contribution < 1.29 is 130 Å². The smallest absolute Gasteiger partial charge is 0.333 e. The number of esters is 10. The number of halogens is 1. The Morgan fingerprint density at radius 3 is 1.10 bits per heavy atom. The van der Waals surface area contributed by atoms with Crippen LogP contribution in [0.4, 0.5) is 0 Å². The Kier molecular flexibility index (Phi) is 75.9. The Balaban J connectivity index is -0.000000179. The van der Waals surface area contributed by atoms with E-state index < -0.39 is 47.4 Å².